The summed E-state index contributed by atoms with van der Waals surface area (Å²) in [6.07, 6.45) is 20.3. The molecule has 0 spiro atoms. The summed E-state index contributed by atoms with van der Waals surface area (Å²) in [6, 6.07) is 0. The van der Waals surface area contributed by atoms with Crippen molar-refractivity contribution in [2.45, 2.75) is 98.8 Å². The Bertz CT molecular complexity index is 510. The summed E-state index contributed by atoms with van der Waals surface area (Å²) in [4.78, 5) is 9.73. The van der Waals surface area contributed by atoms with Gasteiger partial charge in [0, 0.05) is 0 Å². The molecule has 0 saturated carbocycles. The third-order valence-electron chi connectivity index (χ3n) is 5.38. The number of nitrogens with two attached hydrogens (primary N) is 1. The third-order valence-corrected chi connectivity index (χ3v) is 12.0. The molecule has 3 N–H and O–H groups in total. The zero-order valence-corrected chi connectivity index (χ0v) is 21.5. The number of carbonyl (C=O) groups excluding carboxylic acids is 1. The van der Waals surface area contributed by atoms with Crippen molar-refractivity contribution >= 4 is 23.3 Å². The molecule has 1 amide bonds. The van der Waals surface area contributed by atoms with Crippen molar-refractivity contribution in [1.82, 2.24) is 0 Å². The van der Waals surface area contributed by atoms with Crippen LogP contribution in [0, 0.1) is 0 Å². The van der Waals surface area contributed by atoms with Gasteiger partial charge in [-0.2, -0.15) is 8.42 Å². The van der Waals surface area contributed by atoms with E-state index in [9.17, 15) is 13.2 Å². The Hall–Kier alpha value is -0.450. The van der Waals surface area contributed by atoms with E-state index in [0.717, 1.165) is 6.08 Å². The normalized spacial score (nSPS) is 13.0. The zero-order valence-electron chi connectivity index (χ0n) is 19.6. The number of carbonyl (C=O) groups is 1. The van der Waals surface area contributed by atoms with Crippen molar-refractivity contribution in [3.63, 3.8) is 0 Å². The molecule has 0 aliphatic heterocycles. The Morgan fingerprint density at radius 3 is 1.34 bits per heavy atom. The van der Waals surface area contributed by atoms with Crippen LogP contribution in [0.2, 0.25) is 0 Å². The number of hydrogen-bond acceptors (Lipinski definition) is 3. The van der Waals surface area contributed by atoms with E-state index in [-0.39, 0.29) is 0 Å². The molecule has 0 rings (SSSR count). The van der Waals surface area contributed by atoms with Crippen LogP contribution in [0.25, 0.3) is 0 Å². The maximum atomic E-state index is 10.5. The molecule has 0 aliphatic carbocycles. The summed E-state index contributed by atoms with van der Waals surface area (Å²) in [5.41, 5.74) is 4.72. The van der Waals surface area contributed by atoms with Gasteiger partial charge in [0.25, 0.3) is 16.0 Å². The number of unbranched alkanes of at least 4 members (excludes halogenated alkanes) is 5. The van der Waals surface area contributed by atoms with Gasteiger partial charge in [-0.15, -0.1) is 0 Å². The van der Waals surface area contributed by atoms with Gasteiger partial charge in [-0.25, -0.2) is 0 Å². The van der Waals surface area contributed by atoms with Gasteiger partial charge in [0.05, 0.1) is 0 Å². The van der Waals surface area contributed by atoms with Crippen LogP contribution in [-0.4, -0.2) is 43.5 Å². The van der Waals surface area contributed by atoms with E-state index in [1.54, 1.807) is 31.6 Å². The zero-order chi connectivity index (χ0) is 22.8. The van der Waals surface area contributed by atoms with Crippen LogP contribution in [0.15, 0.2) is 11.0 Å². The molecular formula is C22H48NO4PS. The molecule has 5 nitrogen and oxygen atoms in total. The van der Waals surface area contributed by atoms with Crippen LogP contribution in [-0.2, 0) is 14.9 Å². The molecule has 0 aromatic rings. The van der Waals surface area contributed by atoms with E-state index in [2.05, 4.69) is 27.7 Å². The molecule has 176 valence electrons. The molecule has 0 aromatic carbocycles. The van der Waals surface area contributed by atoms with E-state index in [0.29, 0.717) is 12.8 Å². The van der Waals surface area contributed by atoms with Gasteiger partial charge >= 0.3 is 111 Å². The molecule has 0 saturated heterocycles. The number of rotatable bonds is 16. The van der Waals surface area contributed by atoms with Crippen LogP contribution >= 0.6 is 7.26 Å². The first-order valence-electron chi connectivity index (χ1n) is 11.6. The molecular weight excluding hydrogens is 405 g/mol. The molecule has 0 unspecified atom stereocenters. The fourth-order valence-corrected chi connectivity index (χ4v) is 10.1. The van der Waals surface area contributed by atoms with Gasteiger partial charge < -0.3 is 5.73 Å². The number of amides is 1. The van der Waals surface area contributed by atoms with Crippen molar-refractivity contribution in [3.8, 4) is 0 Å². The van der Waals surface area contributed by atoms with Crippen molar-refractivity contribution in [1.29, 1.82) is 0 Å². The summed E-state index contributed by atoms with van der Waals surface area (Å²) in [5.74, 6) is -1.13. The summed E-state index contributed by atoms with van der Waals surface area (Å²) >= 11 is 0. The monoisotopic (exact) mass is 453 g/mol. The number of hydrogen-bond donors (Lipinski definition) is 2. The van der Waals surface area contributed by atoms with Gasteiger partial charge in [-0.3, -0.25) is 9.35 Å². The third kappa shape index (κ3) is 16.0. The van der Waals surface area contributed by atoms with Gasteiger partial charge in [0.2, 0.25) is 0 Å². The van der Waals surface area contributed by atoms with Crippen LogP contribution in [0.4, 0.5) is 0 Å². The second-order valence-electron chi connectivity index (χ2n) is 8.11. The topological polar surface area (TPSA) is 97.5 Å². The van der Waals surface area contributed by atoms with Gasteiger partial charge in [-0.1, -0.05) is 19.4 Å². The minimum absolute atomic E-state index is 0.387. The van der Waals surface area contributed by atoms with E-state index < -0.39 is 28.2 Å². The average Bonchev–Trinajstić information content (AvgIpc) is 2.66. The molecule has 0 atom stereocenters. The van der Waals surface area contributed by atoms with E-state index >= 15 is 0 Å². The minimum atomic E-state index is -4.45. The summed E-state index contributed by atoms with van der Waals surface area (Å²) in [5, 5.41) is 0. The van der Waals surface area contributed by atoms with Crippen LogP contribution in [0.3, 0.4) is 0 Å². The predicted octanol–water partition coefficient (Wildman–Crippen LogP) is 5.98. The first-order valence-corrected chi connectivity index (χ1v) is 15.9. The Labute approximate surface area is 181 Å². The molecule has 0 aromatic heterocycles. The van der Waals surface area contributed by atoms with E-state index in [1.807, 2.05) is 0 Å². The predicted molar refractivity (Wildman–Crippen MR) is 131 cm³/mol. The summed E-state index contributed by atoms with van der Waals surface area (Å²) in [7, 11) is -5.33. The second-order valence-corrected chi connectivity index (χ2v) is 14.5. The van der Waals surface area contributed by atoms with Crippen LogP contribution in [0.1, 0.15) is 98.8 Å². The Morgan fingerprint density at radius 1 is 0.793 bits per heavy atom. The summed E-state index contributed by atoms with van der Waals surface area (Å²) < 4.78 is 29.4. The number of primary amides is 1. The quantitative estimate of drug-likeness (QED) is 0.171. The Morgan fingerprint density at radius 2 is 1.14 bits per heavy atom. The SMILES string of the molecule is CCC/C=C(\C(N)=O)S(=O)(=O)O.CCCC[PH](CCCC)(CCCC)CCCC. The first-order chi connectivity index (χ1) is 13.6. The molecule has 0 heterocycles. The second kappa shape index (κ2) is 18.3. The number of allylic oxidation sites excluding steroid dienone is 1. The van der Waals surface area contributed by atoms with Crippen molar-refractivity contribution in [2.24, 2.45) is 5.73 Å². The van der Waals surface area contributed by atoms with Gasteiger partial charge in [0.15, 0.2) is 4.91 Å². The Kier molecular flexibility index (Phi) is 19.4. The summed E-state index contributed by atoms with van der Waals surface area (Å²) in [6.45, 7) is 11.2. The Balaban J connectivity index is 0. The van der Waals surface area contributed by atoms with E-state index in [4.69, 9.17) is 10.3 Å². The van der Waals surface area contributed by atoms with Crippen molar-refractivity contribution < 1.29 is 17.8 Å². The molecule has 0 radical (unpaired) electrons. The molecule has 0 bridgehead atoms. The average molecular weight is 454 g/mol. The van der Waals surface area contributed by atoms with E-state index in [1.165, 1.54) is 51.4 Å². The van der Waals surface area contributed by atoms with Crippen molar-refractivity contribution in [2.75, 3.05) is 24.6 Å². The fourth-order valence-electron chi connectivity index (χ4n) is 3.57. The standard InChI is InChI=1S/C16H37P.C6H11NO4S/c1-5-9-13-17(14-10-6-2,15-11-7-3)16-12-8-4;1-2-3-4-5(6(7)8)12(9,10)11/h17H,5-16H2,1-4H3;4H,2-3H2,1H3,(H2,7,8)(H,9,10,11)/b;5-4+. The molecule has 0 fully saturated rings. The molecule has 29 heavy (non-hydrogen) atoms. The van der Waals surface area contributed by atoms with Crippen LogP contribution < -0.4 is 5.73 Å². The molecule has 7 heteroatoms. The first kappa shape index (κ1) is 30.7. The fraction of sp³-hybridized carbons (Fsp3) is 0.864. The van der Waals surface area contributed by atoms with Crippen LogP contribution in [0.5, 0.6) is 0 Å². The van der Waals surface area contributed by atoms with Crippen molar-refractivity contribution in [3.05, 3.63) is 11.0 Å². The van der Waals surface area contributed by atoms with Gasteiger partial charge in [0.1, 0.15) is 0 Å². The molecule has 0 aliphatic rings. The maximum absolute atomic E-state index is 10.5. The van der Waals surface area contributed by atoms with Gasteiger partial charge in [-0.05, 0) is 6.42 Å².